The molecular formula is C27H23NO5. The lowest BCUT2D eigenvalue weighted by Gasteiger charge is -2.28. The van der Waals surface area contributed by atoms with Crippen molar-refractivity contribution < 1.29 is 23.9 Å². The van der Waals surface area contributed by atoms with E-state index in [1.165, 1.54) is 13.2 Å². The number of carbonyl (C=O) groups is 3. The molecule has 3 aromatic carbocycles. The molecule has 0 heterocycles. The molecule has 6 nitrogen and oxygen atoms in total. The van der Waals surface area contributed by atoms with Crippen molar-refractivity contribution in [2.24, 2.45) is 0 Å². The van der Waals surface area contributed by atoms with Crippen LogP contribution in [0.4, 0.5) is 0 Å². The average Bonchev–Trinajstić information content (AvgIpc) is 2.85. The average molecular weight is 441 g/mol. The summed E-state index contributed by atoms with van der Waals surface area (Å²) in [7, 11) is 1.24. The predicted octanol–water partition coefficient (Wildman–Crippen LogP) is 4.13. The van der Waals surface area contributed by atoms with E-state index in [0.717, 1.165) is 0 Å². The molecule has 0 aliphatic rings. The molecule has 0 saturated carbocycles. The number of nitrogens with one attached hydrogen (secondary N) is 1. The number of hydrogen-bond donors (Lipinski definition) is 1. The van der Waals surface area contributed by atoms with Gasteiger partial charge in [0.05, 0.1) is 12.7 Å². The molecule has 166 valence electrons. The third-order valence-corrected chi connectivity index (χ3v) is 4.90. The summed E-state index contributed by atoms with van der Waals surface area (Å²) in [5.74, 6) is -1.23. The van der Waals surface area contributed by atoms with Crippen LogP contribution in [0.2, 0.25) is 0 Å². The second-order valence-electron chi connectivity index (χ2n) is 7.21. The SMILES string of the molecule is C=C=CC(Cc1ccc(OC(=O)c2ccccc2)cc1)(NC(=O)c1ccccc1)C(=O)OC. The van der Waals surface area contributed by atoms with Gasteiger partial charge in [-0.05, 0) is 48.0 Å². The lowest BCUT2D eigenvalue weighted by atomic mass is 9.90. The van der Waals surface area contributed by atoms with Gasteiger partial charge in [0.1, 0.15) is 5.75 Å². The van der Waals surface area contributed by atoms with Crippen LogP contribution in [0.15, 0.2) is 103 Å². The first kappa shape index (κ1) is 23.3. The Hall–Kier alpha value is -4.41. The molecule has 3 rings (SSSR count). The van der Waals surface area contributed by atoms with Gasteiger partial charge in [0.15, 0.2) is 5.54 Å². The monoisotopic (exact) mass is 441 g/mol. The molecule has 1 unspecified atom stereocenters. The lowest BCUT2D eigenvalue weighted by molar-refractivity contribution is -0.146. The van der Waals surface area contributed by atoms with E-state index in [1.54, 1.807) is 78.9 Å². The highest BCUT2D eigenvalue weighted by Crippen LogP contribution is 2.21. The molecular weight excluding hydrogens is 418 g/mol. The topological polar surface area (TPSA) is 81.7 Å². The summed E-state index contributed by atoms with van der Waals surface area (Å²) in [6.45, 7) is 3.56. The Morgan fingerprint density at radius 2 is 1.48 bits per heavy atom. The van der Waals surface area contributed by atoms with Gasteiger partial charge in [-0.15, -0.1) is 5.73 Å². The van der Waals surface area contributed by atoms with Gasteiger partial charge in [0.25, 0.3) is 5.91 Å². The van der Waals surface area contributed by atoms with E-state index in [4.69, 9.17) is 9.47 Å². The van der Waals surface area contributed by atoms with E-state index >= 15 is 0 Å². The zero-order chi connectivity index (χ0) is 23.7. The Bertz CT molecular complexity index is 1170. The number of benzene rings is 3. The van der Waals surface area contributed by atoms with E-state index in [2.05, 4.69) is 17.6 Å². The fourth-order valence-electron chi connectivity index (χ4n) is 3.27. The van der Waals surface area contributed by atoms with E-state index in [0.29, 0.717) is 22.4 Å². The highest BCUT2D eigenvalue weighted by Gasteiger charge is 2.39. The van der Waals surface area contributed by atoms with Crippen molar-refractivity contribution >= 4 is 17.8 Å². The van der Waals surface area contributed by atoms with Crippen LogP contribution in [0.5, 0.6) is 5.75 Å². The van der Waals surface area contributed by atoms with Crippen molar-refractivity contribution in [2.45, 2.75) is 12.0 Å². The normalized spacial score (nSPS) is 11.9. The highest BCUT2D eigenvalue weighted by molar-refractivity contribution is 5.99. The molecule has 0 aliphatic heterocycles. The Morgan fingerprint density at radius 3 is 2.03 bits per heavy atom. The standard InChI is InChI=1S/C27H23NO5/c1-3-18-27(26(31)32-2,28-24(29)21-10-6-4-7-11-21)19-20-14-16-23(17-15-20)33-25(30)22-12-8-5-9-13-22/h4-18H,1,19H2,2H3,(H,28,29). The number of hydrogen-bond acceptors (Lipinski definition) is 5. The fourth-order valence-corrected chi connectivity index (χ4v) is 3.27. The summed E-state index contributed by atoms with van der Waals surface area (Å²) in [5, 5.41) is 2.76. The van der Waals surface area contributed by atoms with Crippen molar-refractivity contribution in [3.8, 4) is 5.75 Å². The molecule has 0 saturated heterocycles. The van der Waals surface area contributed by atoms with Crippen LogP contribution < -0.4 is 10.1 Å². The van der Waals surface area contributed by atoms with Gasteiger partial charge in [-0.25, -0.2) is 9.59 Å². The summed E-state index contributed by atoms with van der Waals surface area (Å²) in [5.41, 5.74) is 2.60. The van der Waals surface area contributed by atoms with Crippen molar-refractivity contribution in [3.05, 3.63) is 120 Å². The Labute approximate surface area is 192 Å². The van der Waals surface area contributed by atoms with E-state index in [-0.39, 0.29) is 6.42 Å². The quantitative estimate of drug-likeness (QED) is 0.323. The minimum absolute atomic E-state index is 0.0771. The van der Waals surface area contributed by atoms with Crippen LogP contribution in [-0.4, -0.2) is 30.5 Å². The molecule has 1 amide bonds. The second kappa shape index (κ2) is 10.8. The van der Waals surface area contributed by atoms with E-state index < -0.39 is 23.4 Å². The third kappa shape index (κ3) is 5.85. The van der Waals surface area contributed by atoms with Gasteiger partial charge in [0, 0.05) is 12.0 Å². The zero-order valence-electron chi connectivity index (χ0n) is 18.1. The molecule has 0 radical (unpaired) electrons. The zero-order valence-corrected chi connectivity index (χ0v) is 18.1. The van der Waals surface area contributed by atoms with Crippen LogP contribution in [0, 0.1) is 0 Å². The number of carbonyl (C=O) groups excluding carboxylic acids is 3. The van der Waals surface area contributed by atoms with Gasteiger partial charge < -0.3 is 14.8 Å². The molecule has 0 aliphatic carbocycles. The van der Waals surface area contributed by atoms with Gasteiger partial charge in [0.2, 0.25) is 0 Å². The summed E-state index contributed by atoms with van der Waals surface area (Å²) < 4.78 is 10.4. The Morgan fingerprint density at radius 1 is 0.909 bits per heavy atom. The number of rotatable bonds is 8. The molecule has 0 aromatic heterocycles. The maximum absolute atomic E-state index is 12.8. The molecule has 0 fully saturated rings. The minimum atomic E-state index is -1.52. The number of ether oxygens (including phenoxy) is 2. The molecule has 3 aromatic rings. The third-order valence-electron chi connectivity index (χ3n) is 4.90. The van der Waals surface area contributed by atoms with Crippen LogP contribution in [0.1, 0.15) is 26.3 Å². The van der Waals surface area contributed by atoms with Crippen molar-refractivity contribution in [3.63, 3.8) is 0 Å². The summed E-state index contributed by atoms with van der Waals surface area (Å²) in [6, 6.07) is 23.8. The van der Waals surface area contributed by atoms with Crippen LogP contribution >= 0.6 is 0 Å². The van der Waals surface area contributed by atoms with Crippen LogP contribution in [0.3, 0.4) is 0 Å². The van der Waals surface area contributed by atoms with Gasteiger partial charge >= 0.3 is 11.9 Å². The lowest BCUT2D eigenvalue weighted by Crippen LogP contribution is -2.55. The number of esters is 2. The summed E-state index contributed by atoms with van der Waals surface area (Å²) in [4.78, 5) is 37.8. The van der Waals surface area contributed by atoms with Crippen LogP contribution in [-0.2, 0) is 16.0 Å². The molecule has 0 bridgehead atoms. The number of methoxy groups -OCH3 is 1. The molecule has 1 atom stereocenters. The fraction of sp³-hybridized carbons (Fsp3) is 0.111. The second-order valence-corrected chi connectivity index (χ2v) is 7.21. The van der Waals surface area contributed by atoms with Gasteiger partial charge in [-0.2, -0.15) is 0 Å². The van der Waals surface area contributed by atoms with Crippen molar-refractivity contribution in [1.29, 1.82) is 0 Å². The first-order valence-corrected chi connectivity index (χ1v) is 10.2. The molecule has 1 N–H and O–H groups in total. The highest BCUT2D eigenvalue weighted by atomic mass is 16.5. The largest absolute Gasteiger partial charge is 0.467 e. The molecule has 6 heteroatoms. The summed E-state index contributed by atoms with van der Waals surface area (Å²) >= 11 is 0. The predicted molar refractivity (Wildman–Crippen MR) is 124 cm³/mol. The minimum Gasteiger partial charge on any atom is -0.467 e. The molecule has 0 spiro atoms. The van der Waals surface area contributed by atoms with Crippen molar-refractivity contribution in [2.75, 3.05) is 7.11 Å². The van der Waals surface area contributed by atoms with Crippen molar-refractivity contribution in [1.82, 2.24) is 5.32 Å². The first-order chi connectivity index (χ1) is 16.0. The van der Waals surface area contributed by atoms with Gasteiger partial charge in [-0.1, -0.05) is 55.1 Å². The van der Waals surface area contributed by atoms with E-state index in [1.807, 2.05) is 6.07 Å². The van der Waals surface area contributed by atoms with E-state index in [9.17, 15) is 14.4 Å². The Kier molecular flexibility index (Phi) is 7.58. The summed E-state index contributed by atoms with van der Waals surface area (Å²) in [6.07, 6.45) is 1.46. The first-order valence-electron chi connectivity index (χ1n) is 10.2. The van der Waals surface area contributed by atoms with Crippen LogP contribution in [0.25, 0.3) is 0 Å². The Balaban J connectivity index is 1.82. The molecule has 33 heavy (non-hydrogen) atoms. The smallest absolute Gasteiger partial charge is 0.343 e. The maximum Gasteiger partial charge on any atom is 0.343 e. The maximum atomic E-state index is 12.8. The number of amides is 1. The van der Waals surface area contributed by atoms with Gasteiger partial charge in [-0.3, -0.25) is 4.79 Å².